The Balaban J connectivity index is 1.31. The van der Waals surface area contributed by atoms with Crippen LogP contribution < -0.4 is 0 Å². The molecule has 10 rings (SSSR count). The first-order valence-corrected chi connectivity index (χ1v) is 24.7. The molecular weight excluding hydrogens is 827 g/mol. The van der Waals surface area contributed by atoms with Crippen LogP contribution in [0.3, 0.4) is 0 Å². The minimum atomic E-state index is -0.322. The number of aromatic nitrogens is 3. The van der Waals surface area contributed by atoms with E-state index >= 15 is 0 Å². The normalized spacial score (nSPS) is 15.1. The number of aromatic hydroxyl groups is 1. The molecule has 68 heavy (non-hydrogen) atoms. The molecule has 0 saturated carbocycles. The first-order valence-electron chi connectivity index (χ1n) is 24.7. The fourth-order valence-electron chi connectivity index (χ4n) is 11.7. The van der Waals surface area contributed by atoms with E-state index in [1.165, 1.54) is 66.8 Å². The summed E-state index contributed by atoms with van der Waals surface area (Å²) >= 11 is 0. The topological polar surface area (TPSA) is 50.9 Å². The van der Waals surface area contributed by atoms with Gasteiger partial charge in [0.2, 0.25) is 0 Å². The molecular formula is C64H67N3O. The summed E-state index contributed by atoms with van der Waals surface area (Å²) in [4.78, 5) is 10.9. The maximum absolute atomic E-state index is 12.8. The van der Waals surface area contributed by atoms with Crippen molar-refractivity contribution >= 4 is 16.6 Å². The van der Waals surface area contributed by atoms with Gasteiger partial charge in [-0.25, -0.2) is 4.98 Å². The molecule has 0 saturated heterocycles. The summed E-state index contributed by atoms with van der Waals surface area (Å²) in [5, 5.41) is 12.8. The second-order valence-corrected chi connectivity index (χ2v) is 23.3. The molecule has 0 unspecified atom stereocenters. The number of fused-ring (bicyclic) bond motifs is 6. The van der Waals surface area contributed by atoms with Gasteiger partial charge in [0, 0.05) is 33.7 Å². The van der Waals surface area contributed by atoms with Gasteiger partial charge in [0.25, 0.3) is 0 Å². The first kappa shape index (κ1) is 45.3. The number of phenols is 1. The Morgan fingerprint density at radius 1 is 0.559 bits per heavy atom. The van der Waals surface area contributed by atoms with Gasteiger partial charge in [0.15, 0.2) is 0 Å². The molecule has 0 spiro atoms. The van der Waals surface area contributed by atoms with Crippen LogP contribution in [0.5, 0.6) is 5.75 Å². The largest absolute Gasteiger partial charge is 0.507 e. The predicted molar refractivity (Wildman–Crippen MR) is 286 cm³/mol. The standard InChI is InChI=1S/C64H67N3O/c1-37(2)45-32-43(40-23-19-16-20-24-40)33-46(38(3)4)57(45)67-53-28-27-50-55(56(53)66-60(67)48-35-44(61(5,6)7)36-51(58(48)68)62(8,9)10)54-47-31-42(25-26-49(47)63(11,12)59(54)64(50,13)14)52-34-41(29-30-65-52)39-21-17-15-18-22-39/h15-38,68H,1-14H3. The monoisotopic (exact) mass is 894 g/mol. The molecule has 2 aliphatic rings. The fourth-order valence-corrected chi connectivity index (χ4v) is 11.7. The van der Waals surface area contributed by atoms with Crippen LogP contribution in [0.4, 0.5) is 0 Å². The summed E-state index contributed by atoms with van der Waals surface area (Å²) in [7, 11) is 0. The van der Waals surface area contributed by atoms with Crippen molar-refractivity contribution in [1.29, 1.82) is 0 Å². The van der Waals surface area contributed by atoms with E-state index in [9.17, 15) is 5.11 Å². The SMILES string of the molecule is CC(C)c1cc(-c2ccccc2)cc(C(C)C)c1-n1c(-c2cc(C(C)(C)C)cc(C(C)(C)C)c2O)nc2c3c(ccc21)C(C)(C)C1=C3c2cc(-c3cc(-c4ccccc4)ccn3)ccc2C1(C)C. The van der Waals surface area contributed by atoms with Crippen LogP contribution in [0.1, 0.15) is 153 Å². The average Bonchev–Trinajstić information content (AvgIpc) is 3.89. The van der Waals surface area contributed by atoms with Crippen LogP contribution in [0, 0.1) is 0 Å². The van der Waals surface area contributed by atoms with Crippen molar-refractivity contribution in [2.24, 2.45) is 0 Å². The highest BCUT2D eigenvalue weighted by atomic mass is 16.3. The van der Waals surface area contributed by atoms with Crippen LogP contribution in [0.15, 0.2) is 139 Å². The second-order valence-electron chi connectivity index (χ2n) is 23.3. The summed E-state index contributed by atoms with van der Waals surface area (Å²) < 4.78 is 2.44. The summed E-state index contributed by atoms with van der Waals surface area (Å²) in [6.07, 6.45) is 1.93. The van der Waals surface area contributed by atoms with E-state index in [0.29, 0.717) is 5.75 Å². The van der Waals surface area contributed by atoms with Crippen molar-refractivity contribution in [2.45, 2.75) is 130 Å². The van der Waals surface area contributed by atoms with Gasteiger partial charge < -0.3 is 5.11 Å². The predicted octanol–water partition coefficient (Wildman–Crippen LogP) is 17.0. The molecule has 2 aliphatic carbocycles. The van der Waals surface area contributed by atoms with Crippen molar-refractivity contribution in [3.05, 3.63) is 184 Å². The minimum Gasteiger partial charge on any atom is -0.507 e. The summed E-state index contributed by atoms with van der Waals surface area (Å²) in [5.74, 6) is 1.43. The third kappa shape index (κ3) is 7.08. The van der Waals surface area contributed by atoms with Crippen LogP contribution in [-0.4, -0.2) is 19.6 Å². The number of nitrogens with zero attached hydrogens (tertiary/aromatic N) is 3. The zero-order valence-corrected chi connectivity index (χ0v) is 42.6. The molecule has 2 aromatic heterocycles. The quantitative estimate of drug-likeness (QED) is 0.173. The Morgan fingerprint density at radius 3 is 1.74 bits per heavy atom. The Kier molecular flexibility index (Phi) is 10.5. The zero-order chi connectivity index (χ0) is 48.4. The third-order valence-electron chi connectivity index (χ3n) is 15.1. The van der Waals surface area contributed by atoms with E-state index in [-0.39, 0.29) is 33.5 Å². The van der Waals surface area contributed by atoms with Crippen LogP contribution in [0.2, 0.25) is 0 Å². The fraction of sp³-hybridized carbons (Fsp3) is 0.312. The highest BCUT2D eigenvalue weighted by Gasteiger charge is 2.52. The Morgan fingerprint density at radius 2 is 1.15 bits per heavy atom. The molecule has 0 aliphatic heterocycles. The van der Waals surface area contributed by atoms with Gasteiger partial charge >= 0.3 is 0 Å². The maximum atomic E-state index is 12.8. The number of pyridine rings is 1. The van der Waals surface area contributed by atoms with Crippen molar-refractivity contribution in [3.63, 3.8) is 0 Å². The van der Waals surface area contributed by atoms with E-state index in [1.54, 1.807) is 0 Å². The van der Waals surface area contributed by atoms with Gasteiger partial charge in [-0.3, -0.25) is 9.55 Å². The van der Waals surface area contributed by atoms with Gasteiger partial charge in [-0.05, 0) is 132 Å². The number of phenolic OH excluding ortho intramolecular Hbond substituents is 1. The Labute approximate surface area is 404 Å². The molecule has 0 radical (unpaired) electrons. The van der Waals surface area contributed by atoms with Crippen molar-refractivity contribution in [2.75, 3.05) is 0 Å². The van der Waals surface area contributed by atoms with E-state index in [2.05, 4.69) is 229 Å². The maximum Gasteiger partial charge on any atom is 0.149 e. The number of hydrogen-bond donors (Lipinski definition) is 1. The highest BCUT2D eigenvalue weighted by Crippen LogP contribution is 2.63. The number of benzene rings is 6. The average molecular weight is 894 g/mol. The highest BCUT2D eigenvalue weighted by molar-refractivity contribution is 6.06. The Hall–Kier alpha value is -6.52. The van der Waals surface area contributed by atoms with Crippen LogP contribution in [-0.2, 0) is 21.7 Å². The Bertz CT molecular complexity index is 3320. The van der Waals surface area contributed by atoms with Crippen LogP contribution in [0.25, 0.3) is 67.2 Å². The molecule has 4 heteroatoms. The minimum absolute atomic E-state index is 0.180. The number of hydrogen-bond acceptors (Lipinski definition) is 3. The zero-order valence-electron chi connectivity index (χ0n) is 42.6. The molecule has 0 amide bonds. The molecule has 0 bridgehead atoms. The van der Waals surface area contributed by atoms with Gasteiger partial charge in [-0.15, -0.1) is 0 Å². The lowest BCUT2D eigenvalue weighted by atomic mass is 9.68. The first-order chi connectivity index (χ1) is 32.1. The summed E-state index contributed by atoms with van der Waals surface area (Å²) in [5.41, 5.74) is 22.0. The molecule has 8 aromatic rings. The molecule has 2 heterocycles. The van der Waals surface area contributed by atoms with E-state index in [4.69, 9.17) is 9.97 Å². The summed E-state index contributed by atoms with van der Waals surface area (Å²) in [6.45, 7) is 32.2. The van der Waals surface area contributed by atoms with E-state index in [0.717, 1.165) is 50.5 Å². The molecule has 0 fully saturated rings. The molecule has 344 valence electrons. The van der Waals surface area contributed by atoms with E-state index < -0.39 is 0 Å². The lowest BCUT2D eigenvalue weighted by Crippen LogP contribution is -2.30. The molecule has 1 N–H and O–H groups in total. The smallest absolute Gasteiger partial charge is 0.149 e. The lowest BCUT2D eigenvalue weighted by Gasteiger charge is -2.35. The van der Waals surface area contributed by atoms with Crippen molar-refractivity contribution in [3.8, 4) is 56.3 Å². The lowest BCUT2D eigenvalue weighted by molar-refractivity contribution is 0.446. The van der Waals surface area contributed by atoms with E-state index in [1.807, 2.05) is 6.20 Å². The number of allylic oxidation sites excluding steroid dienone is 1. The number of rotatable bonds is 7. The van der Waals surface area contributed by atoms with Gasteiger partial charge in [0.1, 0.15) is 11.6 Å². The molecule has 6 aromatic carbocycles. The molecule has 4 nitrogen and oxygen atoms in total. The van der Waals surface area contributed by atoms with Gasteiger partial charge in [-0.1, -0.05) is 182 Å². The van der Waals surface area contributed by atoms with Gasteiger partial charge in [0.05, 0.1) is 28.0 Å². The van der Waals surface area contributed by atoms with Crippen LogP contribution >= 0.6 is 0 Å². The van der Waals surface area contributed by atoms with Crippen molar-refractivity contribution in [1.82, 2.24) is 14.5 Å². The molecule has 0 atom stereocenters. The number of imidazole rings is 1. The van der Waals surface area contributed by atoms with Crippen molar-refractivity contribution < 1.29 is 5.11 Å². The second kappa shape index (κ2) is 15.8. The summed E-state index contributed by atoms with van der Waals surface area (Å²) in [6, 6.07) is 46.6. The third-order valence-corrected chi connectivity index (χ3v) is 15.1. The van der Waals surface area contributed by atoms with Gasteiger partial charge in [-0.2, -0.15) is 0 Å².